The minimum atomic E-state index is -0.950. The summed E-state index contributed by atoms with van der Waals surface area (Å²) in [5, 5.41) is 6.33. The van der Waals surface area contributed by atoms with E-state index in [9.17, 15) is 9.59 Å². The normalized spacial score (nSPS) is 45.2. The van der Waals surface area contributed by atoms with E-state index < -0.39 is 4.75 Å². The number of carbonyl (C=O) groups excluding carboxylic acids is 2. The van der Waals surface area contributed by atoms with E-state index in [1.54, 1.807) is 0 Å². The Hall–Kier alpha value is -1.04. The Labute approximate surface area is 122 Å². The van der Waals surface area contributed by atoms with Crippen molar-refractivity contribution in [2.24, 2.45) is 16.8 Å². The molecule has 4 fully saturated rings. The first-order chi connectivity index (χ1) is 9.67. The third kappa shape index (κ3) is 1.80. The topological polar surface area (TPSA) is 70.6 Å². The molecule has 2 saturated heterocycles. The molecule has 2 N–H and O–H groups in total. The average molecular weight is 293 g/mol. The summed E-state index contributed by atoms with van der Waals surface area (Å²) in [6, 6.07) is 0.360. The van der Waals surface area contributed by atoms with Crippen LogP contribution in [0.2, 0.25) is 0 Å². The standard InChI is InChI=1S/C14H19N3O2S/c18-11-14(4-1-5-15-11)12(19)17-13(20-14)16-10-7-8-2-3-9(10)6-8/h8-10H,1-7H2,(H,15,18)(H,16,17,19)/t8-,9-,10-,14?/m0/s1. The van der Waals surface area contributed by atoms with Crippen molar-refractivity contribution in [3.63, 3.8) is 0 Å². The molecule has 2 heterocycles. The Morgan fingerprint density at radius 1 is 1.20 bits per heavy atom. The number of nitrogens with one attached hydrogen (secondary N) is 2. The summed E-state index contributed by atoms with van der Waals surface area (Å²) >= 11 is 1.34. The molecule has 108 valence electrons. The molecule has 0 aromatic carbocycles. The number of carbonyl (C=O) groups is 2. The Bertz CT molecular complexity index is 507. The number of hydrogen-bond donors (Lipinski definition) is 2. The van der Waals surface area contributed by atoms with Crippen LogP contribution in [-0.4, -0.2) is 34.3 Å². The third-order valence-corrected chi connectivity index (χ3v) is 6.52. The summed E-state index contributed by atoms with van der Waals surface area (Å²) < 4.78 is -0.950. The summed E-state index contributed by atoms with van der Waals surface area (Å²) in [6.07, 6.45) is 6.54. The molecule has 0 aromatic heterocycles. The van der Waals surface area contributed by atoms with Gasteiger partial charge in [0.2, 0.25) is 5.91 Å². The molecule has 1 unspecified atom stereocenters. The Morgan fingerprint density at radius 2 is 2.10 bits per heavy atom. The van der Waals surface area contributed by atoms with Gasteiger partial charge in [-0.3, -0.25) is 14.6 Å². The molecule has 6 heteroatoms. The quantitative estimate of drug-likeness (QED) is 0.710. The van der Waals surface area contributed by atoms with Crippen molar-refractivity contribution in [2.45, 2.75) is 49.3 Å². The second kappa shape index (κ2) is 4.48. The molecule has 0 aromatic rings. The number of piperidine rings is 1. The van der Waals surface area contributed by atoms with Crippen LogP contribution in [-0.2, 0) is 9.59 Å². The molecule has 4 aliphatic rings. The number of amides is 2. The van der Waals surface area contributed by atoms with Gasteiger partial charge < -0.3 is 10.6 Å². The van der Waals surface area contributed by atoms with Crippen LogP contribution in [0, 0.1) is 11.8 Å². The second-order valence-corrected chi connectivity index (χ2v) is 7.71. The van der Waals surface area contributed by atoms with Gasteiger partial charge in [0.25, 0.3) is 5.91 Å². The van der Waals surface area contributed by atoms with Crippen molar-refractivity contribution < 1.29 is 9.59 Å². The van der Waals surface area contributed by atoms with Crippen molar-refractivity contribution in [3.8, 4) is 0 Å². The number of thioether (sulfide) groups is 1. The van der Waals surface area contributed by atoms with Crippen LogP contribution in [0.25, 0.3) is 0 Å². The van der Waals surface area contributed by atoms with Gasteiger partial charge in [-0.15, -0.1) is 0 Å². The first-order valence-corrected chi connectivity index (χ1v) is 8.35. The zero-order valence-corrected chi connectivity index (χ0v) is 12.2. The number of rotatable bonds is 1. The minimum absolute atomic E-state index is 0.149. The Kier molecular flexibility index (Phi) is 2.84. The SMILES string of the molecule is O=C1NCCCC12SC(=N[C@H]1C[C@H]3CC[C@H]1C3)NC2=O. The summed E-state index contributed by atoms with van der Waals surface area (Å²) in [5.74, 6) is 1.20. The van der Waals surface area contributed by atoms with Gasteiger partial charge in [-0.05, 0) is 43.9 Å². The smallest absolute Gasteiger partial charge is 0.252 e. The number of fused-ring (bicyclic) bond motifs is 2. The summed E-state index contributed by atoms with van der Waals surface area (Å²) in [7, 11) is 0. The van der Waals surface area contributed by atoms with E-state index >= 15 is 0 Å². The van der Waals surface area contributed by atoms with Crippen molar-refractivity contribution in [1.82, 2.24) is 10.6 Å². The van der Waals surface area contributed by atoms with E-state index in [0.29, 0.717) is 30.1 Å². The van der Waals surface area contributed by atoms with Crippen LogP contribution in [0.3, 0.4) is 0 Å². The van der Waals surface area contributed by atoms with Crippen molar-refractivity contribution >= 4 is 28.7 Å². The maximum absolute atomic E-state index is 12.2. The van der Waals surface area contributed by atoms with Gasteiger partial charge in [0.05, 0.1) is 6.04 Å². The van der Waals surface area contributed by atoms with E-state index in [0.717, 1.165) is 18.8 Å². The first kappa shape index (κ1) is 12.7. The van der Waals surface area contributed by atoms with E-state index in [-0.39, 0.29) is 11.8 Å². The molecule has 4 rings (SSSR count). The third-order valence-electron chi connectivity index (χ3n) is 5.20. The molecule has 2 amide bonds. The van der Waals surface area contributed by atoms with Gasteiger partial charge in [0.1, 0.15) is 0 Å². The van der Waals surface area contributed by atoms with Gasteiger partial charge >= 0.3 is 0 Å². The Morgan fingerprint density at radius 3 is 2.80 bits per heavy atom. The lowest BCUT2D eigenvalue weighted by molar-refractivity contribution is -0.133. The van der Waals surface area contributed by atoms with Crippen molar-refractivity contribution in [3.05, 3.63) is 0 Å². The molecular weight excluding hydrogens is 274 g/mol. The lowest BCUT2D eigenvalue weighted by atomic mass is 9.96. The van der Waals surface area contributed by atoms with E-state index in [2.05, 4.69) is 10.6 Å². The van der Waals surface area contributed by atoms with E-state index in [1.807, 2.05) is 0 Å². The molecule has 4 atom stereocenters. The fraction of sp³-hybridized carbons (Fsp3) is 0.786. The second-order valence-electron chi connectivity index (χ2n) is 6.42. The molecule has 20 heavy (non-hydrogen) atoms. The zero-order valence-electron chi connectivity index (χ0n) is 11.4. The summed E-state index contributed by atoms with van der Waals surface area (Å²) in [4.78, 5) is 29.1. The lowest BCUT2D eigenvalue weighted by Gasteiger charge is -2.27. The lowest BCUT2D eigenvalue weighted by Crippen LogP contribution is -2.53. The van der Waals surface area contributed by atoms with E-state index in [4.69, 9.17) is 4.99 Å². The van der Waals surface area contributed by atoms with Gasteiger partial charge in [-0.2, -0.15) is 0 Å². The number of aliphatic imine (C=N–C) groups is 1. The predicted molar refractivity (Wildman–Crippen MR) is 77.4 cm³/mol. The highest BCUT2D eigenvalue weighted by Crippen LogP contribution is 2.47. The van der Waals surface area contributed by atoms with Crippen LogP contribution in [0.15, 0.2) is 4.99 Å². The number of hydrogen-bond acceptors (Lipinski definition) is 4. The highest BCUT2D eigenvalue weighted by atomic mass is 32.2. The average Bonchev–Trinajstić information content (AvgIpc) is 3.10. The van der Waals surface area contributed by atoms with Gasteiger partial charge in [-0.1, -0.05) is 18.2 Å². The monoisotopic (exact) mass is 293 g/mol. The Balaban J connectivity index is 1.54. The van der Waals surface area contributed by atoms with Crippen molar-refractivity contribution in [2.75, 3.05) is 6.54 Å². The predicted octanol–water partition coefficient (Wildman–Crippen LogP) is 1.04. The molecular formula is C14H19N3O2S. The van der Waals surface area contributed by atoms with Crippen molar-refractivity contribution in [1.29, 1.82) is 0 Å². The fourth-order valence-corrected chi connectivity index (χ4v) is 5.34. The van der Waals surface area contributed by atoms with Gasteiger partial charge in [0.15, 0.2) is 9.91 Å². The maximum Gasteiger partial charge on any atom is 0.252 e. The fourth-order valence-electron chi connectivity index (χ4n) is 4.12. The number of nitrogens with zero attached hydrogens (tertiary/aromatic N) is 1. The molecule has 0 radical (unpaired) electrons. The molecule has 1 spiro atoms. The largest absolute Gasteiger partial charge is 0.354 e. The molecule has 2 aliphatic carbocycles. The van der Waals surface area contributed by atoms with Gasteiger partial charge in [0, 0.05) is 6.54 Å². The summed E-state index contributed by atoms with van der Waals surface area (Å²) in [5.41, 5.74) is 0. The first-order valence-electron chi connectivity index (χ1n) is 7.54. The molecule has 2 saturated carbocycles. The molecule has 5 nitrogen and oxygen atoms in total. The van der Waals surface area contributed by atoms with Gasteiger partial charge in [-0.25, -0.2) is 0 Å². The van der Waals surface area contributed by atoms with Crippen LogP contribution < -0.4 is 10.6 Å². The molecule has 2 bridgehead atoms. The highest BCUT2D eigenvalue weighted by Gasteiger charge is 2.54. The number of amidine groups is 1. The van der Waals surface area contributed by atoms with Crippen LogP contribution in [0.4, 0.5) is 0 Å². The van der Waals surface area contributed by atoms with Crippen LogP contribution in [0.1, 0.15) is 38.5 Å². The minimum Gasteiger partial charge on any atom is -0.354 e. The van der Waals surface area contributed by atoms with Crippen LogP contribution in [0.5, 0.6) is 0 Å². The summed E-state index contributed by atoms with van der Waals surface area (Å²) in [6.45, 7) is 0.674. The maximum atomic E-state index is 12.2. The van der Waals surface area contributed by atoms with E-state index in [1.165, 1.54) is 31.0 Å². The van der Waals surface area contributed by atoms with Crippen LogP contribution >= 0.6 is 11.8 Å². The highest BCUT2D eigenvalue weighted by molar-refractivity contribution is 8.17. The molecule has 2 aliphatic heterocycles. The zero-order chi connectivity index (χ0) is 13.7.